The summed E-state index contributed by atoms with van der Waals surface area (Å²) >= 11 is 3.46. The average molecular weight is 339 g/mol. The third-order valence-electron chi connectivity index (χ3n) is 4.23. The second kappa shape index (κ2) is 5.77. The molecule has 0 aromatic heterocycles. The molecule has 18 heavy (non-hydrogen) atoms. The fraction of sp³-hybridized carbons (Fsp3) is 1.00. The van der Waals surface area contributed by atoms with Crippen LogP contribution in [0.25, 0.3) is 0 Å². The summed E-state index contributed by atoms with van der Waals surface area (Å²) in [4.78, 5) is 0. The van der Waals surface area contributed by atoms with Crippen molar-refractivity contribution in [1.29, 1.82) is 0 Å². The van der Waals surface area contributed by atoms with Gasteiger partial charge < -0.3 is 0 Å². The third-order valence-corrected chi connectivity index (χ3v) is 6.93. The highest BCUT2D eigenvalue weighted by atomic mass is 79.9. The summed E-state index contributed by atoms with van der Waals surface area (Å²) in [6, 6.07) is 0.118. The van der Waals surface area contributed by atoms with E-state index in [9.17, 15) is 8.42 Å². The van der Waals surface area contributed by atoms with Gasteiger partial charge in [0.1, 0.15) is 0 Å². The number of alkyl halides is 1. The van der Waals surface area contributed by atoms with Crippen LogP contribution in [0.3, 0.4) is 0 Å². The zero-order valence-electron chi connectivity index (χ0n) is 11.2. The summed E-state index contributed by atoms with van der Waals surface area (Å²) in [6.45, 7) is 6.32. The molecular weight excluding hydrogens is 316 g/mol. The topological polar surface area (TPSA) is 40.6 Å². The Bertz CT molecular complexity index is 388. The van der Waals surface area contributed by atoms with Gasteiger partial charge in [-0.3, -0.25) is 0 Å². The number of nitrogens with zero attached hydrogens (tertiary/aromatic N) is 2. The third kappa shape index (κ3) is 2.76. The maximum absolute atomic E-state index is 12.7. The van der Waals surface area contributed by atoms with Gasteiger partial charge in [-0.25, -0.2) is 0 Å². The molecule has 3 unspecified atom stereocenters. The van der Waals surface area contributed by atoms with Crippen molar-refractivity contribution in [2.45, 2.75) is 39.2 Å². The van der Waals surface area contributed by atoms with Crippen LogP contribution in [0.4, 0.5) is 0 Å². The summed E-state index contributed by atoms with van der Waals surface area (Å²) in [5.74, 6) is 0.928. The molecule has 2 saturated heterocycles. The Morgan fingerprint density at radius 1 is 1.22 bits per heavy atom. The quantitative estimate of drug-likeness (QED) is 0.739. The van der Waals surface area contributed by atoms with Crippen LogP contribution < -0.4 is 0 Å². The Morgan fingerprint density at radius 3 is 2.56 bits per heavy atom. The zero-order chi connectivity index (χ0) is 13.3. The van der Waals surface area contributed by atoms with Crippen molar-refractivity contribution in [3.05, 3.63) is 0 Å². The lowest BCUT2D eigenvalue weighted by Crippen LogP contribution is -2.50. The highest BCUT2D eigenvalue weighted by molar-refractivity contribution is 9.09. The molecule has 6 heteroatoms. The highest BCUT2D eigenvalue weighted by Crippen LogP contribution is 2.31. The van der Waals surface area contributed by atoms with Gasteiger partial charge in [0, 0.05) is 31.0 Å². The molecule has 106 valence electrons. The van der Waals surface area contributed by atoms with Crippen LogP contribution in [0.15, 0.2) is 0 Å². The van der Waals surface area contributed by atoms with E-state index in [4.69, 9.17) is 0 Å². The molecule has 0 saturated carbocycles. The van der Waals surface area contributed by atoms with Crippen LogP contribution >= 0.6 is 15.9 Å². The fourth-order valence-corrected chi connectivity index (χ4v) is 6.23. The molecule has 0 radical (unpaired) electrons. The van der Waals surface area contributed by atoms with Crippen LogP contribution in [0.5, 0.6) is 0 Å². The molecule has 2 aliphatic rings. The lowest BCUT2D eigenvalue weighted by molar-refractivity contribution is 0.253. The van der Waals surface area contributed by atoms with Gasteiger partial charge in [-0.05, 0) is 31.1 Å². The lowest BCUT2D eigenvalue weighted by atomic mass is 10.0. The summed E-state index contributed by atoms with van der Waals surface area (Å²) in [5.41, 5.74) is 0. The number of piperidine rings is 1. The molecule has 4 nitrogen and oxygen atoms in total. The maximum Gasteiger partial charge on any atom is 0.282 e. The summed E-state index contributed by atoms with van der Waals surface area (Å²) in [7, 11) is -3.25. The van der Waals surface area contributed by atoms with Crippen molar-refractivity contribution in [3.8, 4) is 0 Å². The van der Waals surface area contributed by atoms with E-state index >= 15 is 0 Å². The Morgan fingerprint density at radius 2 is 1.94 bits per heavy atom. The minimum Gasteiger partial charge on any atom is -0.195 e. The van der Waals surface area contributed by atoms with Crippen molar-refractivity contribution in [2.24, 2.45) is 11.8 Å². The molecule has 2 rings (SSSR count). The van der Waals surface area contributed by atoms with Gasteiger partial charge in [0.05, 0.1) is 0 Å². The van der Waals surface area contributed by atoms with Gasteiger partial charge >= 0.3 is 0 Å². The lowest BCUT2D eigenvalue weighted by Gasteiger charge is -2.35. The van der Waals surface area contributed by atoms with Gasteiger partial charge in [0.15, 0.2) is 0 Å². The molecule has 3 atom stereocenters. The van der Waals surface area contributed by atoms with Gasteiger partial charge in [-0.1, -0.05) is 29.8 Å². The fourth-order valence-electron chi connectivity index (χ4n) is 2.99. The minimum absolute atomic E-state index is 0.118. The average Bonchev–Trinajstić information content (AvgIpc) is 2.71. The Kier molecular flexibility index (Phi) is 4.73. The van der Waals surface area contributed by atoms with E-state index in [2.05, 4.69) is 29.8 Å². The Labute approximate surface area is 119 Å². The second-order valence-electron chi connectivity index (χ2n) is 5.71. The van der Waals surface area contributed by atoms with E-state index in [1.807, 2.05) is 0 Å². The van der Waals surface area contributed by atoms with Crippen molar-refractivity contribution in [3.63, 3.8) is 0 Å². The molecule has 2 heterocycles. The van der Waals surface area contributed by atoms with Crippen molar-refractivity contribution in [2.75, 3.05) is 25.0 Å². The molecule has 0 N–H and O–H groups in total. The molecular formula is C12H23BrN2O2S. The maximum atomic E-state index is 12.7. The second-order valence-corrected chi connectivity index (χ2v) is 8.24. The Hall–Kier alpha value is 0.350. The van der Waals surface area contributed by atoms with Crippen LogP contribution in [0.2, 0.25) is 0 Å². The summed E-state index contributed by atoms with van der Waals surface area (Å²) in [5, 5.41) is 0.733. The molecule has 2 fully saturated rings. The van der Waals surface area contributed by atoms with Gasteiger partial charge in [-0.15, -0.1) is 0 Å². The van der Waals surface area contributed by atoms with Crippen LogP contribution in [0.1, 0.15) is 33.1 Å². The van der Waals surface area contributed by atoms with Crippen LogP contribution in [-0.4, -0.2) is 48.0 Å². The predicted octanol–water partition coefficient (Wildman–Crippen LogP) is 2.07. The first kappa shape index (κ1) is 14.8. The van der Waals surface area contributed by atoms with E-state index < -0.39 is 10.2 Å². The van der Waals surface area contributed by atoms with Crippen molar-refractivity contribution < 1.29 is 8.42 Å². The smallest absolute Gasteiger partial charge is 0.195 e. The minimum atomic E-state index is -3.25. The summed E-state index contributed by atoms with van der Waals surface area (Å²) < 4.78 is 28.8. The van der Waals surface area contributed by atoms with Gasteiger partial charge in [-0.2, -0.15) is 17.0 Å². The van der Waals surface area contributed by atoms with Crippen molar-refractivity contribution >= 4 is 26.1 Å². The first-order chi connectivity index (χ1) is 8.46. The standard InChI is InChI=1S/C12H23BrN2O2S/c1-10-4-3-6-14(9-10)18(16,17)15-7-5-11(2)12(15)8-13/h10-12H,3-9H2,1-2H3. The van der Waals surface area contributed by atoms with Crippen LogP contribution in [-0.2, 0) is 10.2 Å². The van der Waals surface area contributed by atoms with E-state index in [0.717, 1.165) is 24.6 Å². The molecule has 0 aromatic carbocycles. The molecule has 0 bridgehead atoms. The van der Waals surface area contributed by atoms with Gasteiger partial charge in [0.2, 0.25) is 0 Å². The van der Waals surface area contributed by atoms with E-state index in [1.165, 1.54) is 0 Å². The first-order valence-corrected chi connectivity index (χ1v) is 9.31. The molecule has 0 spiro atoms. The molecule has 2 aliphatic heterocycles. The molecule has 0 aliphatic carbocycles. The molecule has 0 aromatic rings. The number of hydrogen-bond acceptors (Lipinski definition) is 2. The SMILES string of the molecule is CC1CCCN(S(=O)(=O)N2CCC(C)C2CBr)C1. The van der Waals surface area contributed by atoms with E-state index in [-0.39, 0.29) is 6.04 Å². The van der Waals surface area contributed by atoms with Gasteiger partial charge in [0.25, 0.3) is 10.2 Å². The Balaban J connectivity index is 2.15. The monoisotopic (exact) mass is 338 g/mol. The first-order valence-electron chi connectivity index (χ1n) is 6.79. The van der Waals surface area contributed by atoms with E-state index in [0.29, 0.717) is 31.5 Å². The predicted molar refractivity (Wildman–Crippen MR) is 77.0 cm³/mol. The number of halogens is 1. The van der Waals surface area contributed by atoms with Crippen molar-refractivity contribution in [1.82, 2.24) is 8.61 Å². The molecule has 0 amide bonds. The normalized spacial score (nSPS) is 36.1. The largest absolute Gasteiger partial charge is 0.282 e. The zero-order valence-corrected chi connectivity index (χ0v) is 13.6. The number of hydrogen-bond donors (Lipinski definition) is 0. The summed E-state index contributed by atoms with van der Waals surface area (Å²) in [6.07, 6.45) is 3.10. The van der Waals surface area contributed by atoms with E-state index in [1.54, 1.807) is 8.61 Å². The highest BCUT2D eigenvalue weighted by Gasteiger charge is 2.41. The van der Waals surface area contributed by atoms with Crippen LogP contribution in [0, 0.1) is 11.8 Å². The number of rotatable bonds is 3.